The molecule has 1 saturated carbocycles. The second kappa shape index (κ2) is 10.6. The fourth-order valence-corrected chi connectivity index (χ4v) is 5.77. The monoisotopic (exact) mass is 542 g/mol. The zero-order valence-electron chi connectivity index (χ0n) is 22.8. The third-order valence-electron chi connectivity index (χ3n) is 8.11. The van der Waals surface area contributed by atoms with Gasteiger partial charge in [-0.05, 0) is 61.9 Å². The Morgan fingerprint density at radius 3 is 2.83 bits per heavy atom. The Balaban J connectivity index is 1.31. The summed E-state index contributed by atoms with van der Waals surface area (Å²) in [7, 11) is 1.51. The summed E-state index contributed by atoms with van der Waals surface area (Å²) >= 11 is 0. The molecule has 3 N–H and O–H groups in total. The van der Waals surface area contributed by atoms with Crippen molar-refractivity contribution in [2.45, 2.75) is 44.6 Å². The number of H-pyrrole nitrogens is 1. The number of nitrogens with zero attached hydrogens (tertiary/aromatic N) is 1. The second-order valence-corrected chi connectivity index (χ2v) is 10.7. The Bertz CT molecular complexity index is 1570. The predicted octanol–water partition coefficient (Wildman–Crippen LogP) is 5.11. The number of aliphatic hydroxyl groups is 2. The quantitative estimate of drug-likeness (QED) is 0.226. The Kier molecular flexibility index (Phi) is 6.98. The van der Waals surface area contributed by atoms with Crippen LogP contribution in [0.25, 0.3) is 22.2 Å². The average molecular weight is 543 g/mol. The number of para-hydroxylation sites is 1. The Hall–Kier alpha value is -3.88. The minimum Gasteiger partial charge on any atom is -0.493 e. The molecule has 1 aliphatic heterocycles. The molecule has 1 fully saturated rings. The van der Waals surface area contributed by atoms with Crippen molar-refractivity contribution in [1.29, 1.82) is 0 Å². The van der Waals surface area contributed by atoms with Gasteiger partial charge < -0.3 is 29.4 Å². The number of aryl methyl sites for hydroxylation is 1. The van der Waals surface area contributed by atoms with Crippen molar-refractivity contribution in [3.63, 3.8) is 0 Å². The van der Waals surface area contributed by atoms with Gasteiger partial charge in [0.2, 0.25) is 0 Å². The molecule has 4 aromatic rings. The van der Waals surface area contributed by atoms with Crippen LogP contribution < -0.4 is 14.2 Å². The second-order valence-electron chi connectivity index (χ2n) is 10.7. The van der Waals surface area contributed by atoms with Gasteiger partial charge in [0.25, 0.3) is 0 Å². The summed E-state index contributed by atoms with van der Waals surface area (Å²) in [6, 6.07) is 13.2. The molecule has 2 aromatic heterocycles. The van der Waals surface area contributed by atoms with Crippen LogP contribution in [0.15, 0.2) is 48.7 Å². The lowest BCUT2D eigenvalue weighted by atomic mass is 9.85. The summed E-state index contributed by atoms with van der Waals surface area (Å²) in [5, 5.41) is 22.2. The van der Waals surface area contributed by atoms with E-state index in [0.717, 1.165) is 58.3 Å². The first-order valence-corrected chi connectivity index (χ1v) is 13.8. The number of nitrogens with one attached hydrogen (secondary N) is 1. The van der Waals surface area contributed by atoms with E-state index in [4.69, 9.17) is 24.3 Å². The highest BCUT2D eigenvalue weighted by molar-refractivity contribution is 5.98. The molecule has 1 unspecified atom stereocenters. The van der Waals surface area contributed by atoms with Crippen molar-refractivity contribution < 1.29 is 29.2 Å². The summed E-state index contributed by atoms with van der Waals surface area (Å²) in [6.07, 6.45) is 4.93. The lowest BCUT2D eigenvalue weighted by Gasteiger charge is -2.29. The van der Waals surface area contributed by atoms with Crippen LogP contribution in [0, 0.1) is 12.8 Å². The maximum Gasteiger partial charge on any atom is 0.163 e. The SMILES string of the molecule is COc1cc(C(=O)CCC(O)(c2cc3c(c(-c4c[nH]c5c(C)cccc45)n2)OCC3)C2CC2)ccc1OCCO. The molecule has 0 bridgehead atoms. The summed E-state index contributed by atoms with van der Waals surface area (Å²) in [5.41, 5.74) is 4.79. The third-order valence-corrected chi connectivity index (χ3v) is 8.11. The molecule has 0 saturated heterocycles. The molecular weight excluding hydrogens is 508 g/mol. The lowest BCUT2D eigenvalue weighted by Crippen LogP contribution is -2.31. The van der Waals surface area contributed by atoms with E-state index >= 15 is 0 Å². The zero-order chi connectivity index (χ0) is 27.9. The van der Waals surface area contributed by atoms with Crippen LogP contribution in [-0.4, -0.2) is 52.9 Å². The summed E-state index contributed by atoms with van der Waals surface area (Å²) < 4.78 is 16.9. The van der Waals surface area contributed by atoms with Crippen molar-refractivity contribution in [3.05, 3.63) is 71.0 Å². The predicted molar refractivity (Wildman–Crippen MR) is 151 cm³/mol. The van der Waals surface area contributed by atoms with Crippen LogP contribution in [0.1, 0.15) is 52.9 Å². The van der Waals surface area contributed by atoms with Gasteiger partial charge in [0.15, 0.2) is 17.3 Å². The van der Waals surface area contributed by atoms with Gasteiger partial charge in [-0.3, -0.25) is 4.79 Å². The van der Waals surface area contributed by atoms with E-state index in [2.05, 4.69) is 24.0 Å². The minimum atomic E-state index is -1.22. The van der Waals surface area contributed by atoms with Gasteiger partial charge >= 0.3 is 0 Å². The maximum atomic E-state index is 13.3. The number of ether oxygens (including phenoxy) is 3. The number of hydrogen-bond donors (Lipinski definition) is 3. The summed E-state index contributed by atoms with van der Waals surface area (Å²) in [6.45, 7) is 2.67. The van der Waals surface area contributed by atoms with Crippen molar-refractivity contribution in [2.75, 3.05) is 26.9 Å². The molecule has 0 radical (unpaired) electrons. The largest absolute Gasteiger partial charge is 0.493 e. The molecule has 208 valence electrons. The summed E-state index contributed by atoms with van der Waals surface area (Å²) in [4.78, 5) is 21.7. The van der Waals surface area contributed by atoms with Crippen molar-refractivity contribution in [2.24, 2.45) is 5.92 Å². The number of aliphatic hydroxyl groups excluding tert-OH is 1. The fourth-order valence-electron chi connectivity index (χ4n) is 5.77. The fraction of sp³-hybridized carbons (Fsp3) is 0.375. The number of rotatable bonds is 11. The van der Waals surface area contributed by atoms with Gasteiger partial charge in [-0.1, -0.05) is 18.2 Å². The number of hydrogen-bond acceptors (Lipinski definition) is 7. The van der Waals surface area contributed by atoms with Gasteiger partial charge in [-0.15, -0.1) is 0 Å². The highest BCUT2D eigenvalue weighted by atomic mass is 16.5. The first-order valence-electron chi connectivity index (χ1n) is 13.8. The van der Waals surface area contributed by atoms with E-state index in [0.29, 0.717) is 29.4 Å². The zero-order valence-corrected chi connectivity index (χ0v) is 22.8. The molecule has 2 aromatic carbocycles. The van der Waals surface area contributed by atoms with Gasteiger partial charge in [-0.2, -0.15) is 0 Å². The van der Waals surface area contributed by atoms with Gasteiger partial charge in [0.1, 0.15) is 23.7 Å². The number of ketones is 1. The third kappa shape index (κ3) is 4.71. The van der Waals surface area contributed by atoms with E-state index in [1.54, 1.807) is 18.2 Å². The van der Waals surface area contributed by atoms with Gasteiger partial charge in [0.05, 0.1) is 26.0 Å². The van der Waals surface area contributed by atoms with Gasteiger partial charge in [0, 0.05) is 46.6 Å². The first-order chi connectivity index (χ1) is 19.4. The van der Waals surface area contributed by atoms with E-state index in [1.807, 2.05) is 18.3 Å². The molecule has 6 rings (SSSR count). The van der Waals surface area contributed by atoms with E-state index in [9.17, 15) is 9.90 Å². The molecule has 1 atom stereocenters. The number of benzene rings is 2. The molecule has 3 heterocycles. The Labute approximate surface area is 232 Å². The van der Waals surface area contributed by atoms with E-state index in [-0.39, 0.29) is 37.8 Å². The van der Waals surface area contributed by atoms with Crippen LogP contribution in [0.3, 0.4) is 0 Å². The number of Topliss-reactive ketones (excluding diaryl/α,β-unsaturated/α-hetero) is 1. The normalized spacial score (nSPS) is 15.9. The molecule has 0 spiro atoms. The van der Waals surface area contributed by atoms with Crippen molar-refractivity contribution >= 4 is 16.7 Å². The van der Waals surface area contributed by atoms with Crippen molar-refractivity contribution in [1.82, 2.24) is 9.97 Å². The van der Waals surface area contributed by atoms with Crippen LogP contribution >= 0.6 is 0 Å². The number of aromatic nitrogens is 2. The topological polar surface area (TPSA) is 114 Å². The minimum absolute atomic E-state index is 0.0510. The van der Waals surface area contributed by atoms with E-state index < -0.39 is 5.60 Å². The maximum absolute atomic E-state index is 13.3. The number of carbonyl (C=O) groups excluding carboxylic acids is 1. The molecule has 8 heteroatoms. The number of aromatic amines is 1. The number of fused-ring (bicyclic) bond motifs is 2. The molecule has 0 amide bonds. The van der Waals surface area contributed by atoms with Gasteiger partial charge in [-0.25, -0.2) is 4.98 Å². The van der Waals surface area contributed by atoms with Crippen LogP contribution in [0.4, 0.5) is 0 Å². The van der Waals surface area contributed by atoms with Crippen molar-refractivity contribution in [3.8, 4) is 28.5 Å². The Morgan fingerprint density at radius 1 is 1.20 bits per heavy atom. The molecule has 40 heavy (non-hydrogen) atoms. The number of pyridine rings is 1. The smallest absolute Gasteiger partial charge is 0.163 e. The number of carbonyl (C=O) groups is 1. The highest BCUT2D eigenvalue weighted by Gasteiger charge is 2.47. The van der Waals surface area contributed by atoms with Crippen LogP contribution in [0.5, 0.6) is 17.2 Å². The standard InChI is InChI=1S/C32H34N2O6/c1-19-4-3-5-23-24(18-33-29(19)23)30-31-21(11-14-40-31)17-28(34-30)32(37,22-7-8-22)12-10-25(36)20-6-9-26(39-15-13-35)27(16-20)38-2/h3-6,9,16-18,22,33,35,37H,7-8,10-15H2,1-2H3. The summed E-state index contributed by atoms with van der Waals surface area (Å²) in [5.74, 6) is 1.62. The molecule has 8 nitrogen and oxygen atoms in total. The number of methoxy groups -OCH3 is 1. The first kappa shape index (κ1) is 26.3. The van der Waals surface area contributed by atoms with Crippen LogP contribution in [0.2, 0.25) is 0 Å². The lowest BCUT2D eigenvalue weighted by molar-refractivity contribution is -0.00112. The highest BCUT2D eigenvalue weighted by Crippen LogP contribution is 2.50. The molecular formula is C32H34N2O6. The van der Waals surface area contributed by atoms with Crippen LogP contribution in [-0.2, 0) is 12.0 Å². The van der Waals surface area contributed by atoms with E-state index in [1.165, 1.54) is 7.11 Å². The molecule has 2 aliphatic rings. The molecule has 1 aliphatic carbocycles. The Morgan fingerprint density at radius 2 is 2.05 bits per heavy atom. The average Bonchev–Trinajstić information content (AvgIpc) is 3.57.